The molecule has 0 radical (unpaired) electrons. The van der Waals surface area contributed by atoms with E-state index in [4.69, 9.17) is 4.74 Å². The number of halogens is 1. The molecule has 0 atom stereocenters. The first-order valence-corrected chi connectivity index (χ1v) is 20.1. The van der Waals surface area contributed by atoms with Crippen molar-refractivity contribution in [2.45, 2.75) is 85.0 Å². The van der Waals surface area contributed by atoms with Gasteiger partial charge < -0.3 is 30.2 Å². The number of hydrogen-bond acceptors (Lipinski definition) is 9. The van der Waals surface area contributed by atoms with Crippen molar-refractivity contribution in [3.63, 3.8) is 0 Å². The number of hydrogen-bond donors (Lipinski definition) is 4. The molecular weight excluding hydrogens is 694 g/mol. The first kappa shape index (κ1) is 36.7. The zero-order valence-corrected chi connectivity index (χ0v) is 31.9. The molecule has 5 aromatic rings. The number of anilines is 2. The first-order valence-electron chi connectivity index (χ1n) is 15.6. The number of carbonyl (C=O) groups is 2. The van der Waals surface area contributed by atoms with Crippen molar-refractivity contribution in [1.29, 1.82) is 0 Å². The zero-order valence-electron chi connectivity index (χ0n) is 29.3. The summed E-state index contributed by atoms with van der Waals surface area (Å²) in [4.78, 5) is 45.6. The van der Waals surface area contributed by atoms with E-state index in [2.05, 4.69) is 81.5 Å². The number of aromatic nitrogens is 8. The van der Waals surface area contributed by atoms with Crippen LogP contribution in [0.1, 0.15) is 62.3 Å². The Morgan fingerprint density at radius 3 is 2.21 bits per heavy atom. The van der Waals surface area contributed by atoms with E-state index < -0.39 is 8.07 Å². The van der Waals surface area contributed by atoms with E-state index in [-0.39, 0.29) is 22.9 Å². The maximum atomic E-state index is 12.6. The van der Waals surface area contributed by atoms with Crippen LogP contribution in [0.4, 0.5) is 11.6 Å². The number of amides is 2. The van der Waals surface area contributed by atoms with E-state index in [0.717, 1.165) is 6.04 Å². The highest BCUT2D eigenvalue weighted by Crippen LogP contribution is 2.22. The van der Waals surface area contributed by atoms with E-state index in [0.29, 0.717) is 63.0 Å². The second-order valence-corrected chi connectivity index (χ2v) is 21.2. The Hall–Kier alpha value is -4.15. The lowest BCUT2D eigenvalue weighted by Gasteiger charge is -2.20. The summed E-state index contributed by atoms with van der Waals surface area (Å²) < 4.78 is 9.94. The molecule has 258 valence electrons. The maximum absolute atomic E-state index is 12.6. The van der Waals surface area contributed by atoms with Crippen molar-refractivity contribution < 1.29 is 14.3 Å². The van der Waals surface area contributed by atoms with Crippen LogP contribution in [0, 0.1) is 0 Å². The normalized spacial score (nSPS) is 12.1. The summed E-state index contributed by atoms with van der Waals surface area (Å²) in [6, 6.07) is 2.93. The Kier molecular flexibility index (Phi) is 11.1. The maximum Gasteiger partial charge on any atom is 0.255 e. The molecular formula is C32H46BrN11O3Si. The first-order chi connectivity index (χ1) is 22.3. The molecule has 5 heterocycles. The molecule has 0 fully saturated rings. The van der Waals surface area contributed by atoms with Crippen LogP contribution in [0.2, 0.25) is 25.7 Å². The zero-order chi connectivity index (χ0) is 35.4. The standard InChI is InChI=1S/C17H27BrN4O2Si.C15H19N7O/c1-17(2,3)21-16(23)12-10-22(11-24-7-8-25(4,5)6)15-14(12)20-13(18)9-19-15;1-15(2,3)20-14(23)9-7-16-13-12(9)19-11(8-17-13)18-10-5-6-22(4)21-10/h9-10H,7-8,11H2,1-6H3,(H,21,23);5-8H,1-4H3,(H,16,17)(H,20,23)(H,18,19,21). The number of nitrogens with zero attached hydrogens (tertiary/aromatic N) is 7. The molecule has 5 aromatic heterocycles. The van der Waals surface area contributed by atoms with Crippen LogP contribution < -0.4 is 16.0 Å². The fourth-order valence-electron chi connectivity index (χ4n) is 4.39. The van der Waals surface area contributed by atoms with Gasteiger partial charge in [0.1, 0.15) is 22.4 Å². The molecule has 0 aromatic carbocycles. The second-order valence-electron chi connectivity index (χ2n) is 14.8. The lowest BCUT2D eigenvalue weighted by Crippen LogP contribution is -2.40. The van der Waals surface area contributed by atoms with Crippen LogP contribution in [0.3, 0.4) is 0 Å². The van der Waals surface area contributed by atoms with Gasteiger partial charge in [-0.3, -0.25) is 14.3 Å². The van der Waals surface area contributed by atoms with Crippen LogP contribution in [0.5, 0.6) is 0 Å². The predicted octanol–water partition coefficient (Wildman–Crippen LogP) is 6.00. The van der Waals surface area contributed by atoms with Gasteiger partial charge >= 0.3 is 0 Å². The summed E-state index contributed by atoms with van der Waals surface area (Å²) in [6.45, 7) is 19.7. The van der Waals surface area contributed by atoms with Gasteiger partial charge in [-0.15, -0.1) is 0 Å². The highest BCUT2D eigenvalue weighted by molar-refractivity contribution is 9.10. The predicted molar refractivity (Wildman–Crippen MR) is 194 cm³/mol. The number of rotatable bonds is 9. The Balaban J connectivity index is 0.000000217. The topological polar surface area (TPSA) is 170 Å². The third kappa shape index (κ3) is 10.4. The fraction of sp³-hybridized carbons (Fsp3) is 0.469. The fourth-order valence-corrected chi connectivity index (χ4v) is 5.43. The molecule has 0 saturated heterocycles. The minimum atomic E-state index is -1.13. The SMILES string of the molecule is CC(C)(C)NC(=O)c1cn(COCC[Si](C)(C)C)c2ncc(Br)nc12.Cn1ccc(Nc2cnc3[nH]cc(C(=O)NC(C)(C)C)c3n2)n1. The number of fused-ring (bicyclic) bond motifs is 2. The van der Waals surface area contributed by atoms with Gasteiger partial charge in [0.15, 0.2) is 22.9 Å². The molecule has 0 aliphatic rings. The molecule has 14 nitrogen and oxygen atoms in total. The third-order valence-electron chi connectivity index (χ3n) is 6.58. The van der Waals surface area contributed by atoms with Crippen molar-refractivity contribution >= 4 is 69.8 Å². The summed E-state index contributed by atoms with van der Waals surface area (Å²) in [5.41, 5.74) is 2.64. The summed E-state index contributed by atoms with van der Waals surface area (Å²) in [5, 5.41) is 13.2. The highest BCUT2D eigenvalue weighted by atomic mass is 79.9. The molecule has 0 aliphatic carbocycles. The number of carbonyl (C=O) groups excluding carboxylic acids is 2. The van der Waals surface area contributed by atoms with E-state index >= 15 is 0 Å². The Morgan fingerprint density at radius 1 is 0.938 bits per heavy atom. The smallest absolute Gasteiger partial charge is 0.255 e. The largest absolute Gasteiger partial charge is 0.361 e. The summed E-state index contributed by atoms with van der Waals surface area (Å²) in [7, 11) is 0.706. The lowest BCUT2D eigenvalue weighted by molar-refractivity contribution is 0.0884. The minimum absolute atomic E-state index is 0.161. The monoisotopic (exact) mass is 739 g/mol. The molecule has 0 unspecified atom stereocenters. The van der Waals surface area contributed by atoms with Gasteiger partial charge in [0.05, 0.1) is 23.5 Å². The molecule has 0 spiro atoms. The van der Waals surface area contributed by atoms with Crippen LogP contribution in [0.15, 0.2) is 41.7 Å². The quantitative estimate of drug-likeness (QED) is 0.105. The molecule has 2 amide bonds. The van der Waals surface area contributed by atoms with Crippen LogP contribution in [-0.2, 0) is 18.5 Å². The van der Waals surface area contributed by atoms with Gasteiger partial charge in [-0.05, 0) is 63.5 Å². The summed E-state index contributed by atoms with van der Waals surface area (Å²) in [6.07, 6.45) is 8.45. The Bertz CT molecular complexity index is 1900. The van der Waals surface area contributed by atoms with Crippen molar-refractivity contribution in [1.82, 2.24) is 49.9 Å². The minimum Gasteiger partial charge on any atom is -0.361 e. The Labute approximate surface area is 290 Å². The third-order valence-corrected chi connectivity index (χ3v) is 8.67. The van der Waals surface area contributed by atoms with E-state index in [1.807, 2.05) is 65.4 Å². The van der Waals surface area contributed by atoms with Crippen molar-refractivity contribution in [3.05, 3.63) is 52.8 Å². The number of H-pyrrole nitrogens is 1. The van der Waals surface area contributed by atoms with Gasteiger partial charge in [0.2, 0.25) is 0 Å². The number of nitrogens with one attached hydrogen (secondary N) is 4. The lowest BCUT2D eigenvalue weighted by atomic mass is 10.1. The molecule has 0 saturated carbocycles. The van der Waals surface area contributed by atoms with E-state index in [9.17, 15) is 9.59 Å². The van der Waals surface area contributed by atoms with Crippen LogP contribution >= 0.6 is 15.9 Å². The van der Waals surface area contributed by atoms with Gasteiger partial charge in [0.25, 0.3) is 11.8 Å². The van der Waals surface area contributed by atoms with Gasteiger partial charge in [-0.1, -0.05) is 19.6 Å². The van der Waals surface area contributed by atoms with Crippen molar-refractivity contribution in [3.8, 4) is 0 Å². The number of aromatic amines is 1. The summed E-state index contributed by atoms with van der Waals surface area (Å²) >= 11 is 3.33. The highest BCUT2D eigenvalue weighted by Gasteiger charge is 2.23. The van der Waals surface area contributed by atoms with Crippen LogP contribution in [0.25, 0.3) is 22.3 Å². The molecule has 0 aliphatic heterocycles. The number of aryl methyl sites for hydroxylation is 1. The van der Waals surface area contributed by atoms with Gasteiger partial charge in [0, 0.05) is 57.5 Å². The molecule has 5 rings (SSSR count). The van der Waals surface area contributed by atoms with E-state index in [1.165, 1.54) is 0 Å². The average Bonchev–Trinajstić information content (AvgIpc) is 3.65. The average molecular weight is 741 g/mol. The van der Waals surface area contributed by atoms with Gasteiger partial charge in [-0.2, -0.15) is 5.10 Å². The van der Waals surface area contributed by atoms with E-state index in [1.54, 1.807) is 29.5 Å². The number of ether oxygens (including phenoxy) is 1. The molecule has 16 heteroatoms. The van der Waals surface area contributed by atoms with Crippen LogP contribution in [-0.4, -0.2) is 76.8 Å². The Morgan fingerprint density at radius 2 is 1.60 bits per heavy atom. The molecule has 0 bridgehead atoms. The second kappa shape index (κ2) is 14.5. The van der Waals surface area contributed by atoms with Crippen molar-refractivity contribution in [2.75, 3.05) is 11.9 Å². The van der Waals surface area contributed by atoms with Crippen molar-refractivity contribution in [2.24, 2.45) is 7.05 Å². The molecule has 48 heavy (non-hydrogen) atoms. The molecule has 4 N–H and O–H groups in total. The van der Waals surface area contributed by atoms with Gasteiger partial charge in [-0.25, -0.2) is 19.9 Å². The summed E-state index contributed by atoms with van der Waals surface area (Å²) in [5.74, 6) is 0.844.